The summed E-state index contributed by atoms with van der Waals surface area (Å²) in [5.41, 5.74) is 0. The molecule has 1 heterocycles. The normalized spacial score (nSPS) is 22.6. The van der Waals surface area contributed by atoms with Gasteiger partial charge in [-0.1, -0.05) is 20.8 Å². The van der Waals surface area contributed by atoms with E-state index in [9.17, 15) is 0 Å². The fourth-order valence-electron chi connectivity index (χ4n) is 2.43. The van der Waals surface area contributed by atoms with Gasteiger partial charge in [0.05, 0.1) is 6.10 Å². The molecule has 2 unspecified atom stereocenters. The quantitative estimate of drug-likeness (QED) is 0.706. The van der Waals surface area contributed by atoms with E-state index in [2.05, 4.69) is 37.9 Å². The molecule has 0 aliphatic carbocycles. The molecular weight excluding hydrogens is 212 g/mol. The summed E-state index contributed by atoms with van der Waals surface area (Å²) in [5.74, 6) is 0. The van der Waals surface area contributed by atoms with E-state index < -0.39 is 0 Å². The van der Waals surface area contributed by atoms with Crippen LogP contribution in [-0.4, -0.2) is 49.3 Å². The average molecular weight is 242 g/mol. The lowest BCUT2D eigenvalue weighted by atomic mass is 10.1. The Balaban J connectivity index is 2.22. The van der Waals surface area contributed by atoms with Gasteiger partial charge in [0.1, 0.15) is 0 Å². The Morgan fingerprint density at radius 3 is 2.65 bits per heavy atom. The molecule has 0 bridgehead atoms. The van der Waals surface area contributed by atoms with Gasteiger partial charge in [-0.15, -0.1) is 0 Å². The summed E-state index contributed by atoms with van der Waals surface area (Å²) in [5, 5.41) is 3.49. The van der Waals surface area contributed by atoms with Crippen LogP contribution in [0.2, 0.25) is 0 Å². The number of nitrogens with zero attached hydrogens (tertiary/aromatic N) is 1. The lowest BCUT2D eigenvalue weighted by Crippen LogP contribution is -2.40. The molecule has 0 aromatic heterocycles. The van der Waals surface area contributed by atoms with Crippen LogP contribution in [0.4, 0.5) is 0 Å². The van der Waals surface area contributed by atoms with Crippen molar-refractivity contribution in [2.75, 3.05) is 26.2 Å². The molecule has 0 saturated carbocycles. The molecule has 102 valence electrons. The van der Waals surface area contributed by atoms with Crippen LogP contribution >= 0.6 is 0 Å². The number of likely N-dealkylation sites (N-methyl/N-ethyl adjacent to an activating group) is 1. The minimum Gasteiger partial charge on any atom is -0.377 e. The number of hydrogen-bond donors (Lipinski definition) is 1. The van der Waals surface area contributed by atoms with Crippen molar-refractivity contribution in [2.45, 2.75) is 65.1 Å². The zero-order valence-corrected chi connectivity index (χ0v) is 12.0. The highest BCUT2D eigenvalue weighted by Gasteiger charge is 2.21. The Kier molecular flexibility index (Phi) is 7.09. The van der Waals surface area contributed by atoms with Crippen LogP contribution in [0.3, 0.4) is 0 Å². The predicted octanol–water partition coefficient (Wildman–Crippen LogP) is 2.26. The van der Waals surface area contributed by atoms with Crippen molar-refractivity contribution in [1.29, 1.82) is 0 Å². The molecule has 1 N–H and O–H groups in total. The van der Waals surface area contributed by atoms with Crippen LogP contribution < -0.4 is 5.32 Å². The van der Waals surface area contributed by atoms with Crippen LogP contribution in [0.15, 0.2) is 0 Å². The van der Waals surface area contributed by atoms with Gasteiger partial charge in [-0.2, -0.15) is 0 Å². The molecule has 0 radical (unpaired) electrons. The number of ether oxygens (including phenoxy) is 1. The summed E-state index contributed by atoms with van der Waals surface area (Å²) in [6, 6.07) is 1.24. The Morgan fingerprint density at radius 2 is 2.12 bits per heavy atom. The zero-order valence-electron chi connectivity index (χ0n) is 12.0. The van der Waals surface area contributed by atoms with E-state index >= 15 is 0 Å². The van der Waals surface area contributed by atoms with Crippen molar-refractivity contribution in [3.63, 3.8) is 0 Å². The molecule has 2 atom stereocenters. The second-order valence-electron chi connectivity index (χ2n) is 5.47. The predicted molar refractivity (Wildman–Crippen MR) is 73.4 cm³/mol. The maximum Gasteiger partial charge on any atom is 0.0702 e. The monoisotopic (exact) mass is 242 g/mol. The molecule has 0 amide bonds. The van der Waals surface area contributed by atoms with E-state index in [1.165, 1.54) is 19.3 Å². The molecular formula is C14H30N2O. The van der Waals surface area contributed by atoms with Gasteiger partial charge in [-0.25, -0.2) is 0 Å². The molecule has 3 heteroatoms. The Labute approximate surface area is 107 Å². The fraction of sp³-hybridized carbons (Fsp3) is 1.00. The van der Waals surface area contributed by atoms with Gasteiger partial charge in [-0.3, -0.25) is 4.90 Å². The summed E-state index contributed by atoms with van der Waals surface area (Å²) < 4.78 is 5.72. The van der Waals surface area contributed by atoms with Crippen molar-refractivity contribution < 1.29 is 4.74 Å². The first-order valence-corrected chi connectivity index (χ1v) is 7.22. The van der Waals surface area contributed by atoms with Crippen molar-refractivity contribution in [2.24, 2.45) is 0 Å². The topological polar surface area (TPSA) is 24.5 Å². The maximum atomic E-state index is 5.72. The Hall–Kier alpha value is -0.120. The van der Waals surface area contributed by atoms with E-state index in [1.807, 2.05) is 0 Å². The highest BCUT2D eigenvalue weighted by molar-refractivity contribution is 4.74. The van der Waals surface area contributed by atoms with E-state index in [4.69, 9.17) is 4.74 Å². The van der Waals surface area contributed by atoms with Crippen LogP contribution in [0.5, 0.6) is 0 Å². The van der Waals surface area contributed by atoms with Crippen LogP contribution in [-0.2, 0) is 4.74 Å². The largest absolute Gasteiger partial charge is 0.377 e. The van der Waals surface area contributed by atoms with Crippen molar-refractivity contribution in [1.82, 2.24) is 10.2 Å². The third kappa shape index (κ3) is 5.84. The first-order chi connectivity index (χ1) is 8.13. The molecule has 0 aromatic carbocycles. The van der Waals surface area contributed by atoms with Crippen LogP contribution in [0, 0.1) is 0 Å². The molecule has 17 heavy (non-hydrogen) atoms. The number of rotatable bonds is 8. The summed E-state index contributed by atoms with van der Waals surface area (Å²) in [4.78, 5) is 2.55. The van der Waals surface area contributed by atoms with Crippen LogP contribution in [0.25, 0.3) is 0 Å². The minimum atomic E-state index is 0.482. The molecule has 1 saturated heterocycles. The first kappa shape index (κ1) is 14.9. The summed E-state index contributed by atoms with van der Waals surface area (Å²) in [6.45, 7) is 13.3. The third-order valence-electron chi connectivity index (χ3n) is 3.61. The molecule has 1 aliphatic heterocycles. The molecule has 1 fully saturated rings. The highest BCUT2D eigenvalue weighted by Crippen LogP contribution is 2.15. The maximum absolute atomic E-state index is 5.72. The van der Waals surface area contributed by atoms with Crippen LogP contribution in [0.1, 0.15) is 47.0 Å². The SMILES string of the molecule is CCN(CC1CCCO1)C(C)CCNC(C)C. The number of nitrogens with one attached hydrogen (secondary N) is 1. The van der Waals surface area contributed by atoms with Crippen molar-refractivity contribution >= 4 is 0 Å². The zero-order chi connectivity index (χ0) is 12.7. The van der Waals surface area contributed by atoms with Gasteiger partial charge < -0.3 is 10.1 Å². The van der Waals surface area contributed by atoms with Gasteiger partial charge in [0.25, 0.3) is 0 Å². The lowest BCUT2D eigenvalue weighted by molar-refractivity contribution is 0.0604. The molecule has 1 aliphatic rings. The minimum absolute atomic E-state index is 0.482. The standard InChI is InChI=1S/C14H30N2O/c1-5-16(11-14-7-6-10-17-14)13(4)8-9-15-12(2)3/h12-15H,5-11H2,1-4H3. The van der Waals surface area contributed by atoms with Crippen molar-refractivity contribution in [3.05, 3.63) is 0 Å². The number of hydrogen-bond acceptors (Lipinski definition) is 3. The Morgan fingerprint density at radius 1 is 1.35 bits per heavy atom. The van der Waals surface area contributed by atoms with Gasteiger partial charge >= 0.3 is 0 Å². The van der Waals surface area contributed by atoms with E-state index in [-0.39, 0.29) is 0 Å². The average Bonchev–Trinajstić information content (AvgIpc) is 2.77. The van der Waals surface area contributed by atoms with Crippen molar-refractivity contribution in [3.8, 4) is 0 Å². The second kappa shape index (κ2) is 8.06. The fourth-order valence-corrected chi connectivity index (χ4v) is 2.43. The molecule has 0 aromatic rings. The first-order valence-electron chi connectivity index (χ1n) is 7.22. The van der Waals surface area contributed by atoms with Gasteiger partial charge in [-0.05, 0) is 39.3 Å². The summed E-state index contributed by atoms with van der Waals surface area (Å²) >= 11 is 0. The van der Waals surface area contributed by atoms with Gasteiger partial charge in [0, 0.05) is 25.2 Å². The van der Waals surface area contributed by atoms with E-state index in [0.717, 1.165) is 26.2 Å². The van der Waals surface area contributed by atoms with E-state index in [0.29, 0.717) is 18.2 Å². The van der Waals surface area contributed by atoms with Gasteiger partial charge in [0.15, 0.2) is 0 Å². The molecule has 0 spiro atoms. The lowest BCUT2D eigenvalue weighted by Gasteiger charge is -2.30. The smallest absolute Gasteiger partial charge is 0.0702 e. The third-order valence-corrected chi connectivity index (χ3v) is 3.61. The summed E-state index contributed by atoms with van der Waals surface area (Å²) in [6.07, 6.45) is 4.19. The van der Waals surface area contributed by atoms with Gasteiger partial charge in [0.2, 0.25) is 0 Å². The second-order valence-corrected chi connectivity index (χ2v) is 5.47. The molecule has 3 nitrogen and oxygen atoms in total. The highest BCUT2D eigenvalue weighted by atomic mass is 16.5. The molecule has 1 rings (SSSR count). The Bertz CT molecular complexity index is 191. The summed E-state index contributed by atoms with van der Waals surface area (Å²) in [7, 11) is 0. The van der Waals surface area contributed by atoms with E-state index in [1.54, 1.807) is 0 Å².